The van der Waals surface area contributed by atoms with E-state index in [9.17, 15) is 45.5 Å². The van der Waals surface area contributed by atoms with E-state index in [4.69, 9.17) is 10.5 Å². The number of hydrogen-bond acceptors (Lipinski definition) is 5. The van der Waals surface area contributed by atoms with E-state index in [0.29, 0.717) is 13.0 Å². The van der Waals surface area contributed by atoms with Crippen LogP contribution in [0, 0.1) is 22.8 Å². The molecule has 1 aliphatic rings. The number of nitrogens with two attached hydrogens (primary N) is 1. The quantitative estimate of drug-likeness (QED) is 0.341. The van der Waals surface area contributed by atoms with Gasteiger partial charge in [-0.1, -0.05) is 13.0 Å². The van der Waals surface area contributed by atoms with Crippen LogP contribution in [0.1, 0.15) is 35.8 Å². The average Bonchev–Trinajstić information content (AvgIpc) is 3.04. The van der Waals surface area contributed by atoms with Crippen molar-refractivity contribution in [1.29, 1.82) is 0 Å². The largest absolute Gasteiger partial charge is 0.618 e. The Kier molecular flexibility index (Phi) is 7.08. The van der Waals surface area contributed by atoms with E-state index in [1.165, 1.54) is 0 Å². The van der Waals surface area contributed by atoms with Crippen LogP contribution in [0.25, 0.3) is 0 Å². The Hall–Kier alpha value is -3.62. The lowest BCUT2D eigenvalue weighted by molar-refractivity contribution is -0.607. The fourth-order valence-electron chi connectivity index (χ4n) is 4.00. The SMILES string of the molecule is C[C@H]1[C@@H](c2ccc(F)c(F)c2OC(F)F)[C@H](C(=O)Nc2cc[n+]([O-])c(C(N)=O)c2)O[C@]1(C)C(F)(F)F. The third kappa shape index (κ3) is 4.74. The number of carbonyl (C=O) groups is 2. The molecular weight excluding hydrogens is 507 g/mol. The third-order valence-electron chi connectivity index (χ3n) is 6.01. The lowest BCUT2D eigenvalue weighted by atomic mass is 9.77. The first kappa shape index (κ1) is 27.0. The lowest BCUT2D eigenvalue weighted by Crippen LogP contribution is -2.47. The second-order valence-electron chi connectivity index (χ2n) is 8.10. The molecule has 0 radical (unpaired) electrons. The molecule has 2 aromatic rings. The minimum atomic E-state index is -5.08. The van der Waals surface area contributed by atoms with E-state index >= 15 is 0 Å². The summed E-state index contributed by atoms with van der Waals surface area (Å²) in [5.41, 5.74) is 0.502. The molecule has 4 atom stereocenters. The zero-order valence-corrected chi connectivity index (χ0v) is 18.4. The summed E-state index contributed by atoms with van der Waals surface area (Å²) in [5, 5.41) is 13.8. The molecule has 3 rings (SSSR count). The van der Waals surface area contributed by atoms with Gasteiger partial charge in [-0.05, 0) is 13.0 Å². The van der Waals surface area contributed by atoms with Crippen LogP contribution >= 0.6 is 0 Å². The Morgan fingerprint density at radius 3 is 2.44 bits per heavy atom. The Balaban J connectivity index is 2.11. The van der Waals surface area contributed by atoms with E-state index in [2.05, 4.69) is 10.1 Å². The van der Waals surface area contributed by atoms with Crippen molar-refractivity contribution in [3.8, 4) is 5.75 Å². The molecule has 0 bridgehead atoms. The third-order valence-corrected chi connectivity index (χ3v) is 6.01. The number of nitrogens with zero attached hydrogens (tertiary/aromatic N) is 1. The van der Waals surface area contributed by atoms with Crippen molar-refractivity contribution < 1.29 is 54.5 Å². The van der Waals surface area contributed by atoms with Gasteiger partial charge >= 0.3 is 18.7 Å². The molecule has 1 fully saturated rings. The van der Waals surface area contributed by atoms with Crippen LogP contribution in [-0.4, -0.2) is 36.3 Å². The fourth-order valence-corrected chi connectivity index (χ4v) is 4.00. The monoisotopic (exact) mass is 525 g/mol. The predicted molar refractivity (Wildman–Crippen MR) is 107 cm³/mol. The normalized spacial score (nSPS) is 24.1. The van der Waals surface area contributed by atoms with E-state index in [1.807, 2.05) is 0 Å². The number of nitrogens with one attached hydrogen (secondary N) is 1. The summed E-state index contributed by atoms with van der Waals surface area (Å²) in [7, 11) is 0. The molecule has 2 amide bonds. The highest BCUT2D eigenvalue weighted by molar-refractivity contribution is 5.97. The molecular formula is C21H18F7N3O5. The summed E-state index contributed by atoms with van der Waals surface area (Å²) in [4.78, 5) is 24.4. The second kappa shape index (κ2) is 9.44. The van der Waals surface area contributed by atoms with Gasteiger partial charge in [0.15, 0.2) is 23.4 Å². The summed E-state index contributed by atoms with van der Waals surface area (Å²) in [5.74, 6) is -10.8. The van der Waals surface area contributed by atoms with E-state index < -0.39 is 76.8 Å². The number of benzene rings is 1. The first-order valence-corrected chi connectivity index (χ1v) is 10.1. The molecule has 1 aromatic heterocycles. The van der Waals surface area contributed by atoms with Crippen LogP contribution in [0.2, 0.25) is 0 Å². The fraction of sp³-hybridized carbons (Fsp3) is 0.381. The number of alkyl halides is 5. The first-order valence-electron chi connectivity index (χ1n) is 10.1. The number of ether oxygens (including phenoxy) is 2. The van der Waals surface area contributed by atoms with Crippen molar-refractivity contribution in [3.63, 3.8) is 0 Å². The molecule has 196 valence electrons. The van der Waals surface area contributed by atoms with Crippen molar-refractivity contribution in [2.75, 3.05) is 5.32 Å². The van der Waals surface area contributed by atoms with Gasteiger partial charge in [0.2, 0.25) is 5.82 Å². The molecule has 0 spiro atoms. The maximum atomic E-state index is 14.4. The van der Waals surface area contributed by atoms with Crippen LogP contribution in [0.5, 0.6) is 5.75 Å². The van der Waals surface area contributed by atoms with Gasteiger partial charge < -0.3 is 25.7 Å². The maximum absolute atomic E-state index is 14.4. The lowest BCUT2D eigenvalue weighted by Gasteiger charge is -2.32. The smallest absolute Gasteiger partial charge is 0.417 e. The van der Waals surface area contributed by atoms with Crippen molar-refractivity contribution >= 4 is 17.5 Å². The number of anilines is 1. The summed E-state index contributed by atoms with van der Waals surface area (Å²) in [6, 6.07) is 3.04. The van der Waals surface area contributed by atoms with Crippen LogP contribution in [0.4, 0.5) is 36.4 Å². The number of hydrogen-bond donors (Lipinski definition) is 2. The van der Waals surface area contributed by atoms with Gasteiger partial charge in [-0.2, -0.15) is 31.1 Å². The van der Waals surface area contributed by atoms with Gasteiger partial charge in [0.05, 0.1) is 5.69 Å². The highest BCUT2D eigenvalue weighted by atomic mass is 19.4. The molecule has 1 saturated heterocycles. The summed E-state index contributed by atoms with van der Waals surface area (Å²) >= 11 is 0. The zero-order valence-electron chi connectivity index (χ0n) is 18.4. The van der Waals surface area contributed by atoms with Gasteiger partial charge in [-0.15, -0.1) is 0 Å². The second-order valence-corrected chi connectivity index (χ2v) is 8.10. The van der Waals surface area contributed by atoms with Crippen molar-refractivity contribution in [1.82, 2.24) is 0 Å². The number of halogens is 7. The number of amides is 2. The minimum Gasteiger partial charge on any atom is -0.618 e. The van der Waals surface area contributed by atoms with Crippen molar-refractivity contribution in [2.24, 2.45) is 11.7 Å². The van der Waals surface area contributed by atoms with Crippen LogP contribution in [-0.2, 0) is 9.53 Å². The molecule has 0 unspecified atom stereocenters. The van der Waals surface area contributed by atoms with Crippen LogP contribution in [0.15, 0.2) is 30.5 Å². The summed E-state index contributed by atoms with van der Waals surface area (Å²) in [6.07, 6.45) is -6.38. The highest BCUT2D eigenvalue weighted by Gasteiger charge is 2.66. The van der Waals surface area contributed by atoms with Crippen LogP contribution < -0.4 is 20.5 Å². The standard InChI is InChI=1S/C21H18F7N3O5/c1-8-13(10-3-4-11(22)14(23)15(10)35-19(24)25)16(36-20(8,2)21(26,27)28)18(33)30-9-5-6-31(34)12(7-9)17(29)32/h3-8,13,16,19H,1-2H3,(H2,29,32)(H,30,33)/t8-,13-,16+,20-/m0/s1. The topological polar surface area (TPSA) is 118 Å². The Morgan fingerprint density at radius 1 is 1.25 bits per heavy atom. The number of carbonyl (C=O) groups excluding carboxylic acids is 2. The molecule has 3 N–H and O–H groups in total. The molecule has 2 heterocycles. The van der Waals surface area contributed by atoms with E-state index in [-0.39, 0.29) is 10.4 Å². The zero-order chi connectivity index (χ0) is 27.2. The molecule has 1 aromatic carbocycles. The van der Waals surface area contributed by atoms with Crippen molar-refractivity contribution in [2.45, 2.75) is 44.3 Å². The summed E-state index contributed by atoms with van der Waals surface area (Å²) in [6.45, 7) is -2.07. The van der Waals surface area contributed by atoms with Crippen LogP contribution in [0.3, 0.4) is 0 Å². The summed E-state index contributed by atoms with van der Waals surface area (Å²) < 4.78 is 105. The number of aromatic nitrogens is 1. The average molecular weight is 525 g/mol. The number of pyridine rings is 1. The van der Waals surface area contributed by atoms with E-state index in [0.717, 1.165) is 31.3 Å². The number of rotatable bonds is 6. The molecule has 8 nitrogen and oxygen atoms in total. The molecule has 36 heavy (non-hydrogen) atoms. The van der Waals surface area contributed by atoms with E-state index in [1.54, 1.807) is 0 Å². The predicted octanol–water partition coefficient (Wildman–Crippen LogP) is 3.38. The molecule has 1 aliphatic heterocycles. The van der Waals surface area contributed by atoms with Gasteiger partial charge in [0, 0.05) is 29.5 Å². The first-order chi connectivity index (χ1) is 16.6. The highest BCUT2D eigenvalue weighted by Crippen LogP contribution is 2.55. The van der Waals surface area contributed by atoms with Gasteiger partial charge in [-0.3, -0.25) is 9.59 Å². The Morgan fingerprint density at radius 2 is 1.89 bits per heavy atom. The molecule has 15 heteroatoms. The van der Waals surface area contributed by atoms with Crippen molar-refractivity contribution in [3.05, 3.63) is 58.6 Å². The molecule has 0 aliphatic carbocycles. The minimum absolute atomic E-state index is 0.0743. The van der Waals surface area contributed by atoms with Gasteiger partial charge in [-0.25, -0.2) is 4.39 Å². The van der Waals surface area contributed by atoms with Gasteiger partial charge in [0.25, 0.3) is 11.6 Å². The number of primary amides is 1. The Bertz CT molecular complexity index is 1190. The molecule has 0 saturated carbocycles. The maximum Gasteiger partial charge on any atom is 0.417 e. The van der Waals surface area contributed by atoms with Gasteiger partial charge in [0.1, 0.15) is 6.10 Å². The Labute approximate surface area is 198 Å².